The van der Waals surface area contributed by atoms with Crippen LogP contribution in [0.3, 0.4) is 0 Å². The van der Waals surface area contributed by atoms with Crippen molar-refractivity contribution in [3.8, 4) is 0 Å². The first-order chi connectivity index (χ1) is 9.10. The highest BCUT2D eigenvalue weighted by Gasteiger charge is 2.13. The molecule has 0 aromatic heterocycles. The van der Waals surface area contributed by atoms with Gasteiger partial charge in [-0.1, -0.05) is 66.0 Å². The van der Waals surface area contributed by atoms with Crippen LogP contribution in [0.5, 0.6) is 0 Å². The van der Waals surface area contributed by atoms with Crippen LogP contribution in [0.15, 0.2) is 51.4 Å². The van der Waals surface area contributed by atoms with E-state index in [0.29, 0.717) is 6.42 Å². The van der Waals surface area contributed by atoms with Crippen LogP contribution in [0.1, 0.15) is 17.0 Å². The van der Waals surface area contributed by atoms with E-state index < -0.39 is 0 Å². The zero-order valence-corrected chi connectivity index (χ0v) is 14.8. The lowest BCUT2D eigenvalue weighted by Crippen LogP contribution is -2.06. The lowest BCUT2D eigenvalue weighted by atomic mass is 9.93. The smallest absolute Gasteiger partial charge is 0.127 e. The molecule has 1 atom stereocenters. The quantitative estimate of drug-likeness (QED) is 0.496. The van der Waals surface area contributed by atoms with Gasteiger partial charge in [0.15, 0.2) is 0 Å². The number of rotatable bonds is 4. The topological polar surface area (TPSA) is 0 Å². The first-order valence-electron chi connectivity index (χ1n) is 5.85. The summed E-state index contributed by atoms with van der Waals surface area (Å²) in [6.45, 7) is 0. The van der Waals surface area contributed by atoms with Gasteiger partial charge in [-0.05, 0) is 47.7 Å². The summed E-state index contributed by atoms with van der Waals surface area (Å²) in [7, 11) is 0. The van der Waals surface area contributed by atoms with Crippen molar-refractivity contribution in [1.82, 2.24) is 0 Å². The van der Waals surface area contributed by atoms with Gasteiger partial charge in [0.05, 0.1) is 0 Å². The average Bonchev–Trinajstić information content (AvgIpc) is 2.39. The van der Waals surface area contributed by atoms with Crippen molar-refractivity contribution < 1.29 is 4.39 Å². The molecule has 4 heteroatoms. The SMILES string of the molecule is Fc1cc(Br)ccc1CC(CBr)c1ccc(Br)cc1. The molecule has 0 nitrogen and oxygen atoms in total. The third-order valence-electron chi connectivity index (χ3n) is 3.01. The fourth-order valence-electron chi connectivity index (χ4n) is 1.95. The molecular formula is C15H12Br3F. The Morgan fingerprint density at radius 3 is 2.16 bits per heavy atom. The van der Waals surface area contributed by atoms with Gasteiger partial charge in [0.1, 0.15) is 5.82 Å². The highest BCUT2D eigenvalue weighted by molar-refractivity contribution is 9.10. The van der Waals surface area contributed by atoms with Crippen LogP contribution in [0.4, 0.5) is 4.39 Å². The van der Waals surface area contributed by atoms with Crippen LogP contribution in [-0.2, 0) is 6.42 Å². The summed E-state index contributed by atoms with van der Waals surface area (Å²) in [4.78, 5) is 0. The largest absolute Gasteiger partial charge is 0.207 e. The highest BCUT2D eigenvalue weighted by atomic mass is 79.9. The van der Waals surface area contributed by atoms with Crippen LogP contribution in [0.25, 0.3) is 0 Å². The first-order valence-corrected chi connectivity index (χ1v) is 8.56. The minimum atomic E-state index is -0.155. The Labute approximate surface area is 137 Å². The fourth-order valence-corrected chi connectivity index (χ4v) is 3.15. The Hall–Kier alpha value is -0.190. The van der Waals surface area contributed by atoms with Gasteiger partial charge in [-0.25, -0.2) is 4.39 Å². The molecule has 19 heavy (non-hydrogen) atoms. The molecule has 0 aliphatic carbocycles. The third kappa shape index (κ3) is 4.14. The molecule has 0 N–H and O–H groups in total. The molecule has 1 unspecified atom stereocenters. The van der Waals surface area contributed by atoms with E-state index in [1.54, 1.807) is 0 Å². The zero-order valence-electron chi connectivity index (χ0n) is 10.0. The molecule has 100 valence electrons. The summed E-state index contributed by atoms with van der Waals surface area (Å²) in [5.74, 6) is 0.112. The maximum atomic E-state index is 13.9. The first kappa shape index (κ1) is 15.2. The molecule has 0 amide bonds. The van der Waals surface area contributed by atoms with Crippen LogP contribution < -0.4 is 0 Å². The Bertz CT molecular complexity index is 552. The Morgan fingerprint density at radius 1 is 0.947 bits per heavy atom. The minimum Gasteiger partial charge on any atom is -0.207 e. The van der Waals surface area contributed by atoms with E-state index in [9.17, 15) is 4.39 Å². The Balaban J connectivity index is 2.21. The van der Waals surface area contributed by atoms with Gasteiger partial charge in [0, 0.05) is 14.3 Å². The molecule has 0 saturated carbocycles. The molecule has 0 spiro atoms. The van der Waals surface area contributed by atoms with E-state index in [0.717, 1.165) is 19.8 Å². The summed E-state index contributed by atoms with van der Waals surface area (Å²) in [5, 5.41) is 0.810. The van der Waals surface area contributed by atoms with Gasteiger partial charge < -0.3 is 0 Å². The van der Waals surface area contributed by atoms with Crippen LogP contribution in [0.2, 0.25) is 0 Å². The van der Waals surface area contributed by atoms with Crippen LogP contribution in [-0.4, -0.2) is 5.33 Å². The van der Waals surface area contributed by atoms with E-state index in [4.69, 9.17) is 0 Å². The summed E-state index contributed by atoms with van der Waals surface area (Å²) in [6, 6.07) is 13.4. The molecule has 0 saturated heterocycles. The van der Waals surface area contributed by atoms with E-state index in [1.807, 2.05) is 24.3 Å². The normalized spacial score (nSPS) is 12.4. The summed E-state index contributed by atoms with van der Waals surface area (Å²) >= 11 is 10.2. The van der Waals surface area contributed by atoms with Crippen molar-refractivity contribution in [1.29, 1.82) is 0 Å². The number of alkyl halides is 1. The number of benzene rings is 2. The highest BCUT2D eigenvalue weighted by Crippen LogP contribution is 2.26. The summed E-state index contributed by atoms with van der Waals surface area (Å²) < 4.78 is 15.7. The maximum absolute atomic E-state index is 13.9. The van der Waals surface area contributed by atoms with Gasteiger partial charge in [0.2, 0.25) is 0 Å². The van der Waals surface area contributed by atoms with Gasteiger partial charge in [-0.2, -0.15) is 0 Å². The molecule has 2 aromatic carbocycles. The fraction of sp³-hybridized carbons (Fsp3) is 0.200. The van der Waals surface area contributed by atoms with Crippen molar-refractivity contribution in [2.75, 3.05) is 5.33 Å². The molecule has 0 fully saturated rings. The van der Waals surface area contributed by atoms with Gasteiger partial charge in [-0.3, -0.25) is 0 Å². The summed E-state index contributed by atoms with van der Waals surface area (Å²) in [6.07, 6.45) is 0.687. The van der Waals surface area contributed by atoms with E-state index in [2.05, 4.69) is 59.9 Å². The van der Waals surface area contributed by atoms with Crippen molar-refractivity contribution in [2.24, 2.45) is 0 Å². The number of hydrogen-bond acceptors (Lipinski definition) is 0. The lowest BCUT2D eigenvalue weighted by Gasteiger charge is -2.15. The van der Waals surface area contributed by atoms with Gasteiger partial charge in [-0.15, -0.1) is 0 Å². The van der Waals surface area contributed by atoms with Crippen molar-refractivity contribution >= 4 is 47.8 Å². The van der Waals surface area contributed by atoms with Gasteiger partial charge in [0.25, 0.3) is 0 Å². The van der Waals surface area contributed by atoms with Crippen LogP contribution in [0, 0.1) is 5.82 Å². The van der Waals surface area contributed by atoms with E-state index in [1.165, 1.54) is 11.6 Å². The number of halogens is 4. The minimum absolute atomic E-state index is 0.155. The molecule has 0 radical (unpaired) electrons. The molecule has 0 aliphatic rings. The second-order valence-corrected chi connectivity index (χ2v) is 6.82. The Kier molecular flexibility index (Phi) is 5.60. The van der Waals surface area contributed by atoms with Crippen molar-refractivity contribution in [2.45, 2.75) is 12.3 Å². The van der Waals surface area contributed by atoms with E-state index in [-0.39, 0.29) is 11.7 Å². The second kappa shape index (κ2) is 7.00. The molecule has 0 aliphatic heterocycles. The second-order valence-electron chi connectivity index (χ2n) is 4.34. The predicted octanol–water partition coefficient (Wildman–Crippen LogP) is 6.07. The van der Waals surface area contributed by atoms with Gasteiger partial charge >= 0.3 is 0 Å². The maximum Gasteiger partial charge on any atom is 0.127 e. The standard InChI is InChI=1S/C15H12Br3F/c16-9-12(10-1-4-13(17)5-2-10)7-11-3-6-14(18)8-15(11)19/h1-6,8,12H,7,9H2. The molecule has 2 rings (SSSR count). The molecular weight excluding hydrogens is 439 g/mol. The predicted molar refractivity (Wildman–Crippen MR) is 88.5 cm³/mol. The monoisotopic (exact) mass is 448 g/mol. The molecule has 0 bridgehead atoms. The lowest BCUT2D eigenvalue weighted by molar-refractivity contribution is 0.598. The zero-order chi connectivity index (χ0) is 13.8. The third-order valence-corrected chi connectivity index (χ3v) is 4.81. The molecule has 0 heterocycles. The number of hydrogen-bond donors (Lipinski definition) is 0. The van der Waals surface area contributed by atoms with Crippen molar-refractivity contribution in [3.05, 3.63) is 68.4 Å². The molecule has 2 aromatic rings. The average molecular weight is 451 g/mol. The van der Waals surface area contributed by atoms with E-state index >= 15 is 0 Å². The van der Waals surface area contributed by atoms with Crippen molar-refractivity contribution in [3.63, 3.8) is 0 Å². The van der Waals surface area contributed by atoms with Crippen LogP contribution >= 0.6 is 47.8 Å². The summed E-state index contributed by atoms with van der Waals surface area (Å²) in [5.41, 5.74) is 1.96. The Morgan fingerprint density at radius 2 is 1.58 bits per heavy atom.